The van der Waals surface area contributed by atoms with Crippen LogP contribution in [0.3, 0.4) is 0 Å². The van der Waals surface area contributed by atoms with E-state index in [1.807, 2.05) is 0 Å². The van der Waals surface area contributed by atoms with Gasteiger partial charge in [0, 0.05) is 19.3 Å². The molecule has 0 amide bonds. The lowest BCUT2D eigenvalue weighted by atomic mass is 10.1. The Labute approximate surface area is 473 Å². The lowest BCUT2D eigenvalue weighted by molar-refractivity contribution is -0.167. The third-order valence-electron chi connectivity index (χ3n) is 12.5. The van der Waals surface area contributed by atoms with Crippen LogP contribution in [0, 0.1) is 0 Å². The van der Waals surface area contributed by atoms with Crippen molar-refractivity contribution < 1.29 is 28.6 Å². The topological polar surface area (TPSA) is 78.9 Å². The molecular weight excluding hydrogens is 949 g/mol. The van der Waals surface area contributed by atoms with Gasteiger partial charge in [-0.25, -0.2) is 0 Å². The van der Waals surface area contributed by atoms with Gasteiger partial charge in [-0.15, -0.1) is 0 Å². The second kappa shape index (κ2) is 63.6. The molecular formula is C71H112O6. The Morgan fingerprint density at radius 2 is 0.519 bits per heavy atom. The third-order valence-corrected chi connectivity index (χ3v) is 12.5. The normalized spacial score (nSPS) is 13.2. The van der Waals surface area contributed by atoms with Crippen LogP contribution in [0.15, 0.2) is 158 Å². The van der Waals surface area contributed by atoms with E-state index in [2.05, 4.69) is 179 Å². The standard InChI is InChI=1S/C71H112O6/c1-4-7-10-13-16-19-22-25-28-30-31-32-33-34-35-36-37-38-39-41-43-46-49-52-55-58-61-64-70(73)76-67-68(66-75-69(72)63-60-57-54-51-48-45-42-27-24-21-18-15-12-9-6-3)77-71(74)65-62-59-56-53-50-47-44-40-29-26-23-20-17-14-11-8-5-2/h7-8,10-11,16-21,25-29,31-32,34-35,37-38,42,44,47,53,56,68H,4-6,9,12-15,22-24,30,33,36,39-41,43,45-46,48-52,54-55,57-67H2,1-3H3/b10-7-,11-8-,19-16-,20-17-,21-18-,28-25-,29-26-,32-31-,35-34-,38-37-,42-27-,47-44-,56-53-. The summed E-state index contributed by atoms with van der Waals surface area (Å²) >= 11 is 0. The van der Waals surface area contributed by atoms with Crippen molar-refractivity contribution in [3.05, 3.63) is 158 Å². The molecule has 0 bridgehead atoms. The quantitative estimate of drug-likeness (QED) is 0.0261. The van der Waals surface area contributed by atoms with Crippen molar-refractivity contribution in [3.8, 4) is 0 Å². The number of rotatable bonds is 54. The SMILES string of the molecule is CC/C=C\C/C=C\C/C=C\C/C=C\C/C=C\C/C=C\CCCCCCCCCCC(=O)OCC(COC(=O)CCCCCCC/C=C\C/C=C\CCCCC)OC(=O)CCC/C=C\C/C=C\C/C=C\C/C=C\C/C=C\CC. The zero-order valence-corrected chi connectivity index (χ0v) is 49.4. The summed E-state index contributed by atoms with van der Waals surface area (Å²) in [6.07, 6.45) is 92.4. The van der Waals surface area contributed by atoms with Gasteiger partial charge in [-0.1, -0.05) is 249 Å². The van der Waals surface area contributed by atoms with Gasteiger partial charge < -0.3 is 14.2 Å². The molecule has 1 atom stereocenters. The molecule has 0 spiro atoms. The first-order valence-corrected chi connectivity index (χ1v) is 31.0. The largest absolute Gasteiger partial charge is 0.462 e. The number of hydrogen-bond acceptors (Lipinski definition) is 6. The summed E-state index contributed by atoms with van der Waals surface area (Å²) in [5.74, 6) is -1.00. The van der Waals surface area contributed by atoms with Crippen LogP contribution >= 0.6 is 0 Å². The van der Waals surface area contributed by atoms with Gasteiger partial charge >= 0.3 is 17.9 Å². The van der Waals surface area contributed by atoms with Crippen LogP contribution in [-0.2, 0) is 28.6 Å². The smallest absolute Gasteiger partial charge is 0.306 e. The van der Waals surface area contributed by atoms with Crippen LogP contribution in [-0.4, -0.2) is 37.2 Å². The Morgan fingerprint density at radius 1 is 0.273 bits per heavy atom. The molecule has 0 aromatic carbocycles. The summed E-state index contributed by atoms with van der Waals surface area (Å²) < 4.78 is 16.8. The highest BCUT2D eigenvalue weighted by Gasteiger charge is 2.19. The highest BCUT2D eigenvalue weighted by Crippen LogP contribution is 2.14. The summed E-state index contributed by atoms with van der Waals surface area (Å²) in [5.41, 5.74) is 0. The van der Waals surface area contributed by atoms with E-state index in [4.69, 9.17) is 14.2 Å². The van der Waals surface area contributed by atoms with Crippen molar-refractivity contribution in [3.63, 3.8) is 0 Å². The van der Waals surface area contributed by atoms with E-state index in [-0.39, 0.29) is 37.5 Å². The lowest BCUT2D eigenvalue weighted by Gasteiger charge is -2.18. The molecule has 0 aliphatic heterocycles. The van der Waals surface area contributed by atoms with Crippen LogP contribution in [0.25, 0.3) is 0 Å². The fourth-order valence-electron chi connectivity index (χ4n) is 7.92. The first-order valence-electron chi connectivity index (χ1n) is 31.0. The van der Waals surface area contributed by atoms with Crippen molar-refractivity contribution in [2.75, 3.05) is 13.2 Å². The van der Waals surface area contributed by atoms with E-state index in [0.717, 1.165) is 148 Å². The van der Waals surface area contributed by atoms with Crippen molar-refractivity contribution >= 4 is 17.9 Å². The van der Waals surface area contributed by atoms with Gasteiger partial charge in [-0.2, -0.15) is 0 Å². The van der Waals surface area contributed by atoms with Gasteiger partial charge in [0.05, 0.1) is 0 Å². The average Bonchev–Trinajstić information content (AvgIpc) is 3.43. The minimum absolute atomic E-state index is 0.116. The Bertz CT molecular complexity index is 1740. The molecule has 6 nitrogen and oxygen atoms in total. The van der Waals surface area contributed by atoms with Gasteiger partial charge in [0.15, 0.2) is 6.10 Å². The van der Waals surface area contributed by atoms with Crippen LogP contribution in [0.1, 0.15) is 252 Å². The number of hydrogen-bond donors (Lipinski definition) is 0. The Balaban J connectivity index is 4.46. The van der Waals surface area contributed by atoms with Crippen molar-refractivity contribution in [1.29, 1.82) is 0 Å². The second-order valence-corrected chi connectivity index (χ2v) is 19.8. The molecule has 0 aliphatic rings. The molecule has 0 aliphatic carbocycles. The molecule has 0 radical (unpaired) electrons. The molecule has 6 heteroatoms. The van der Waals surface area contributed by atoms with Gasteiger partial charge in [-0.3, -0.25) is 14.4 Å². The summed E-state index contributed by atoms with van der Waals surface area (Å²) in [4.78, 5) is 38.3. The number of allylic oxidation sites excluding steroid dienone is 26. The molecule has 0 fully saturated rings. The highest BCUT2D eigenvalue weighted by molar-refractivity contribution is 5.71. The third kappa shape index (κ3) is 61.8. The molecule has 0 aromatic rings. The van der Waals surface area contributed by atoms with E-state index < -0.39 is 6.10 Å². The predicted molar refractivity (Wildman–Crippen MR) is 334 cm³/mol. The minimum Gasteiger partial charge on any atom is -0.462 e. The van der Waals surface area contributed by atoms with Crippen LogP contribution in [0.2, 0.25) is 0 Å². The van der Waals surface area contributed by atoms with Gasteiger partial charge in [-0.05, 0) is 141 Å². The maximum absolute atomic E-state index is 12.9. The van der Waals surface area contributed by atoms with Crippen LogP contribution in [0.5, 0.6) is 0 Å². The average molecular weight is 1060 g/mol. The first-order chi connectivity index (χ1) is 38.0. The predicted octanol–water partition coefficient (Wildman–Crippen LogP) is 21.3. The maximum Gasteiger partial charge on any atom is 0.306 e. The number of esters is 3. The monoisotopic (exact) mass is 1060 g/mol. The molecule has 0 aromatic heterocycles. The minimum atomic E-state index is -0.826. The number of carbonyl (C=O) groups excluding carboxylic acids is 3. The summed E-state index contributed by atoms with van der Waals surface area (Å²) in [5, 5.41) is 0. The van der Waals surface area contributed by atoms with E-state index in [9.17, 15) is 14.4 Å². The Hall–Kier alpha value is -4.97. The molecule has 0 heterocycles. The number of ether oxygens (including phenoxy) is 3. The molecule has 0 saturated carbocycles. The Kier molecular flexibility index (Phi) is 59.5. The molecule has 0 rings (SSSR count). The molecule has 77 heavy (non-hydrogen) atoms. The van der Waals surface area contributed by atoms with Gasteiger partial charge in [0.25, 0.3) is 0 Å². The zero-order valence-electron chi connectivity index (χ0n) is 49.4. The number of unbranched alkanes of at least 4 members (excludes halogenated alkanes) is 17. The summed E-state index contributed by atoms with van der Waals surface area (Å²) in [6, 6.07) is 0. The second-order valence-electron chi connectivity index (χ2n) is 19.8. The highest BCUT2D eigenvalue weighted by atomic mass is 16.6. The Morgan fingerprint density at radius 3 is 0.831 bits per heavy atom. The van der Waals surface area contributed by atoms with Crippen molar-refractivity contribution in [2.45, 2.75) is 258 Å². The first kappa shape index (κ1) is 72.0. The molecule has 0 N–H and O–H groups in total. The van der Waals surface area contributed by atoms with E-state index >= 15 is 0 Å². The van der Waals surface area contributed by atoms with Crippen molar-refractivity contribution in [2.24, 2.45) is 0 Å². The summed E-state index contributed by atoms with van der Waals surface area (Å²) in [6.45, 7) is 6.31. The fourth-order valence-corrected chi connectivity index (χ4v) is 7.92. The van der Waals surface area contributed by atoms with Gasteiger partial charge in [0.1, 0.15) is 13.2 Å². The van der Waals surface area contributed by atoms with Crippen LogP contribution < -0.4 is 0 Å². The van der Waals surface area contributed by atoms with Crippen molar-refractivity contribution in [1.82, 2.24) is 0 Å². The molecule has 1 unspecified atom stereocenters. The van der Waals surface area contributed by atoms with Gasteiger partial charge in [0.2, 0.25) is 0 Å². The lowest BCUT2D eigenvalue weighted by Crippen LogP contribution is -2.30. The zero-order chi connectivity index (χ0) is 55.7. The molecule has 432 valence electrons. The summed E-state index contributed by atoms with van der Waals surface area (Å²) in [7, 11) is 0. The number of carbonyl (C=O) groups is 3. The van der Waals surface area contributed by atoms with E-state index in [1.54, 1.807) is 0 Å². The maximum atomic E-state index is 12.9. The van der Waals surface area contributed by atoms with E-state index in [1.165, 1.54) is 57.8 Å². The van der Waals surface area contributed by atoms with E-state index in [0.29, 0.717) is 19.3 Å². The fraction of sp³-hybridized carbons (Fsp3) is 0.592. The van der Waals surface area contributed by atoms with Crippen LogP contribution in [0.4, 0.5) is 0 Å². The molecule has 0 saturated heterocycles.